The van der Waals surface area contributed by atoms with Gasteiger partial charge in [0.05, 0.1) is 23.7 Å². The topological polar surface area (TPSA) is 133 Å². The van der Waals surface area contributed by atoms with Crippen LogP contribution in [0.5, 0.6) is 11.6 Å². The van der Waals surface area contributed by atoms with Gasteiger partial charge in [-0.2, -0.15) is 4.98 Å². The number of carbonyl (C=O) groups is 1. The van der Waals surface area contributed by atoms with Crippen LogP contribution in [0.1, 0.15) is 65.0 Å². The van der Waals surface area contributed by atoms with Gasteiger partial charge in [-0.05, 0) is 65.5 Å². The fourth-order valence-corrected chi connectivity index (χ4v) is 6.83. The van der Waals surface area contributed by atoms with Crippen molar-refractivity contribution in [3.8, 4) is 11.6 Å². The van der Waals surface area contributed by atoms with Gasteiger partial charge in [0.25, 0.3) is 5.88 Å². The van der Waals surface area contributed by atoms with Crippen LogP contribution in [0.4, 0.5) is 16.3 Å². The summed E-state index contributed by atoms with van der Waals surface area (Å²) in [6.45, 7) is 7.36. The molecule has 0 spiro atoms. The number of ether oxygens (including phenoxy) is 3. The quantitative estimate of drug-likeness (QED) is 0.540. The number of anilines is 2. The van der Waals surface area contributed by atoms with Crippen LogP contribution in [0.15, 0.2) is 23.5 Å². The molecular weight excluding hydrogens is 510 g/mol. The van der Waals surface area contributed by atoms with E-state index in [-0.39, 0.29) is 34.6 Å². The van der Waals surface area contributed by atoms with Crippen molar-refractivity contribution < 1.29 is 27.4 Å². The molecule has 3 fully saturated rings. The predicted molar refractivity (Wildman–Crippen MR) is 140 cm³/mol. The third-order valence-corrected chi connectivity index (χ3v) is 9.28. The molecule has 0 aromatic carbocycles. The molecule has 12 heteroatoms. The van der Waals surface area contributed by atoms with E-state index in [9.17, 15) is 13.2 Å². The Balaban J connectivity index is 1.30. The van der Waals surface area contributed by atoms with Crippen LogP contribution in [0.2, 0.25) is 0 Å². The minimum atomic E-state index is -3.38. The number of amides is 1. The molecule has 1 amide bonds. The first-order valence-corrected chi connectivity index (χ1v) is 14.6. The van der Waals surface area contributed by atoms with Gasteiger partial charge >= 0.3 is 6.09 Å². The van der Waals surface area contributed by atoms with Gasteiger partial charge in [0, 0.05) is 24.9 Å². The highest BCUT2D eigenvalue weighted by molar-refractivity contribution is 7.92. The molecule has 1 saturated carbocycles. The molecule has 2 aliphatic heterocycles. The summed E-state index contributed by atoms with van der Waals surface area (Å²) < 4.78 is 42.7. The Morgan fingerprint density at radius 1 is 1.08 bits per heavy atom. The maximum Gasteiger partial charge on any atom is 0.410 e. The number of nitrogens with one attached hydrogen (secondary N) is 1. The average molecular weight is 546 g/mol. The molecule has 1 N–H and O–H groups in total. The smallest absolute Gasteiger partial charge is 0.410 e. The monoisotopic (exact) mass is 545 g/mol. The zero-order valence-corrected chi connectivity index (χ0v) is 23.2. The van der Waals surface area contributed by atoms with Gasteiger partial charge in [0.1, 0.15) is 18.0 Å². The zero-order chi connectivity index (χ0) is 27.2. The van der Waals surface area contributed by atoms with Gasteiger partial charge in [-0.1, -0.05) is 0 Å². The average Bonchev–Trinajstić information content (AvgIpc) is 3.65. The standard InChI is InChI=1S/C26H35N5O6S/c1-15-20(10-11-21(29-15)38(33,34)19-8-9-19)30-23-22(35-5)24(28-14-27-23)36-18-12-16-6-7-17(13-18)31(16)25(32)37-26(2,3)4/h10-11,14,16-19H,6-9,12-13H2,1-5H3,(H,27,28,30)/t16-,17?,18?/m0/s1. The fourth-order valence-electron chi connectivity index (χ4n) is 5.21. The number of methoxy groups -OCH3 is 1. The van der Waals surface area contributed by atoms with Crippen LogP contribution >= 0.6 is 0 Å². The van der Waals surface area contributed by atoms with Crippen molar-refractivity contribution >= 4 is 27.4 Å². The lowest BCUT2D eigenvalue weighted by molar-refractivity contribution is -0.00792. The fraction of sp³-hybridized carbons (Fsp3) is 0.615. The van der Waals surface area contributed by atoms with E-state index in [2.05, 4.69) is 20.3 Å². The first-order chi connectivity index (χ1) is 18.0. The summed E-state index contributed by atoms with van der Waals surface area (Å²) in [5.74, 6) is 1.02. The molecule has 3 aliphatic rings. The lowest BCUT2D eigenvalue weighted by Gasteiger charge is -2.39. The van der Waals surface area contributed by atoms with Crippen LogP contribution in [0.25, 0.3) is 0 Å². The Morgan fingerprint density at radius 3 is 2.34 bits per heavy atom. The van der Waals surface area contributed by atoms with Gasteiger partial charge in [0.2, 0.25) is 5.75 Å². The molecular formula is C26H35N5O6S. The van der Waals surface area contributed by atoms with E-state index < -0.39 is 15.4 Å². The molecule has 0 radical (unpaired) electrons. The maximum atomic E-state index is 12.8. The molecule has 4 heterocycles. The van der Waals surface area contributed by atoms with E-state index in [0.29, 0.717) is 54.5 Å². The first-order valence-electron chi connectivity index (χ1n) is 13.0. The summed E-state index contributed by atoms with van der Waals surface area (Å²) in [6, 6.07) is 3.31. The highest BCUT2D eigenvalue weighted by atomic mass is 32.2. The summed E-state index contributed by atoms with van der Waals surface area (Å²) in [7, 11) is -1.86. The molecule has 11 nitrogen and oxygen atoms in total. The lowest BCUT2D eigenvalue weighted by atomic mass is 10.0. The highest BCUT2D eigenvalue weighted by Crippen LogP contribution is 2.41. The van der Waals surface area contributed by atoms with Gasteiger partial charge in [-0.25, -0.2) is 23.2 Å². The number of fused-ring (bicyclic) bond motifs is 2. The molecule has 2 aromatic heterocycles. The number of pyridine rings is 1. The van der Waals surface area contributed by atoms with Gasteiger partial charge in [-0.15, -0.1) is 0 Å². The van der Waals surface area contributed by atoms with Crippen molar-refractivity contribution in [2.75, 3.05) is 12.4 Å². The van der Waals surface area contributed by atoms with Crippen LogP contribution < -0.4 is 14.8 Å². The maximum absolute atomic E-state index is 12.8. The SMILES string of the molecule is COc1c(Nc2ccc(S(=O)(=O)C3CC3)nc2C)ncnc1OC1CC2CC[C@@H](C1)N2C(=O)OC(C)(C)C. The van der Waals surface area contributed by atoms with E-state index in [1.54, 1.807) is 13.0 Å². The normalized spacial score (nSPS) is 23.2. The predicted octanol–water partition coefficient (Wildman–Crippen LogP) is 4.18. The number of piperidine rings is 1. The molecule has 1 aliphatic carbocycles. The Bertz CT molecular complexity index is 1310. The van der Waals surface area contributed by atoms with Gasteiger partial charge < -0.3 is 24.4 Å². The lowest BCUT2D eigenvalue weighted by Crippen LogP contribution is -2.50. The molecule has 38 heavy (non-hydrogen) atoms. The summed E-state index contributed by atoms with van der Waals surface area (Å²) in [6.07, 6.45) is 5.52. The van der Waals surface area contributed by atoms with Gasteiger partial charge in [0.15, 0.2) is 20.7 Å². The molecule has 2 saturated heterocycles. The van der Waals surface area contributed by atoms with Crippen LogP contribution in [0.3, 0.4) is 0 Å². The summed E-state index contributed by atoms with van der Waals surface area (Å²) in [5, 5.41) is 2.96. The van der Waals surface area contributed by atoms with Crippen LogP contribution in [-0.2, 0) is 14.6 Å². The van der Waals surface area contributed by atoms with E-state index in [1.165, 1.54) is 19.5 Å². The first kappa shape index (κ1) is 26.5. The molecule has 206 valence electrons. The summed E-state index contributed by atoms with van der Waals surface area (Å²) in [4.78, 5) is 27.6. The summed E-state index contributed by atoms with van der Waals surface area (Å²) in [5.41, 5.74) is 0.591. The zero-order valence-electron chi connectivity index (χ0n) is 22.4. The number of hydrogen-bond acceptors (Lipinski definition) is 10. The number of aromatic nitrogens is 3. The van der Waals surface area contributed by atoms with E-state index >= 15 is 0 Å². The van der Waals surface area contributed by atoms with Crippen molar-refractivity contribution in [2.24, 2.45) is 0 Å². The number of rotatable bonds is 7. The second-order valence-electron chi connectivity index (χ2n) is 11.2. The third kappa shape index (κ3) is 5.36. The number of carbonyl (C=O) groups excluding carboxylic acids is 1. The highest BCUT2D eigenvalue weighted by Gasteiger charge is 2.46. The Hall–Kier alpha value is -3.15. The molecule has 2 aromatic rings. The van der Waals surface area contributed by atoms with E-state index in [0.717, 1.165) is 12.8 Å². The molecule has 3 atom stereocenters. The number of sulfone groups is 1. The van der Waals surface area contributed by atoms with Gasteiger partial charge in [-0.3, -0.25) is 0 Å². The van der Waals surface area contributed by atoms with Crippen LogP contribution in [0, 0.1) is 6.92 Å². The minimum Gasteiger partial charge on any atom is -0.489 e. The van der Waals surface area contributed by atoms with E-state index in [4.69, 9.17) is 14.2 Å². The molecule has 2 unspecified atom stereocenters. The van der Waals surface area contributed by atoms with Crippen molar-refractivity contribution in [3.05, 3.63) is 24.2 Å². The Labute approximate surface area is 223 Å². The minimum absolute atomic E-state index is 0.0539. The molecule has 2 bridgehead atoms. The second-order valence-corrected chi connectivity index (χ2v) is 13.4. The van der Waals surface area contributed by atoms with Crippen molar-refractivity contribution in [2.45, 2.75) is 100 Å². The largest absolute Gasteiger partial charge is 0.489 e. The number of nitrogens with zero attached hydrogens (tertiary/aromatic N) is 4. The van der Waals surface area contributed by atoms with Crippen molar-refractivity contribution in [1.82, 2.24) is 19.9 Å². The summed E-state index contributed by atoms with van der Waals surface area (Å²) >= 11 is 0. The number of hydrogen-bond donors (Lipinski definition) is 1. The Morgan fingerprint density at radius 2 is 1.76 bits per heavy atom. The Kier molecular flexibility index (Phi) is 6.87. The van der Waals surface area contributed by atoms with E-state index in [1.807, 2.05) is 25.7 Å². The van der Waals surface area contributed by atoms with Crippen molar-refractivity contribution in [3.63, 3.8) is 0 Å². The van der Waals surface area contributed by atoms with Crippen LogP contribution in [-0.4, -0.2) is 70.5 Å². The second kappa shape index (κ2) is 9.87. The third-order valence-electron chi connectivity index (χ3n) is 7.12. The van der Waals surface area contributed by atoms with Crippen molar-refractivity contribution in [1.29, 1.82) is 0 Å². The number of aryl methyl sites for hydroxylation is 1. The molecule has 5 rings (SSSR count).